The summed E-state index contributed by atoms with van der Waals surface area (Å²) < 4.78 is 6.15. The first-order valence-electron chi connectivity index (χ1n) is 3.02. The van der Waals surface area contributed by atoms with Gasteiger partial charge in [0.15, 0.2) is 0 Å². The predicted molar refractivity (Wildman–Crippen MR) is 41.8 cm³/mol. The number of furan rings is 1. The summed E-state index contributed by atoms with van der Waals surface area (Å²) >= 11 is 3.34. The van der Waals surface area contributed by atoms with Gasteiger partial charge in [-0.1, -0.05) is 0 Å². The molecule has 1 N–H and O–H groups in total. The lowest BCUT2D eigenvalue weighted by Gasteiger charge is -1.88. The van der Waals surface area contributed by atoms with Crippen LogP contribution in [0.25, 0.3) is 0 Å². The molecule has 0 unspecified atom stereocenters. The highest BCUT2D eigenvalue weighted by atomic mass is 79.9. The minimum atomic E-state index is -0.0295. The molecule has 0 aliphatic carbocycles. The minimum Gasteiger partial charge on any atom is -0.462 e. The molecular weight excluding hydrogens is 196 g/mol. The van der Waals surface area contributed by atoms with Gasteiger partial charge in [0.05, 0.1) is 4.47 Å². The van der Waals surface area contributed by atoms with E-state index < -0.39 is 0 Å². The van der Waals surface area contributed by atoms with Crippen molar-refractivity contribution in [2.75, 3.05) is 0 Å². The molecule has 0 aliphatic heterocycles. The molecule has 0 saturated carbocycles. The summed E-state index contributed by atoms with van der Waals surface area (Å²) in [6, 6.07) is 0. The first kappa shape index (κ1) is 7.82. The van der Waals surface area contributed by atoms with E-state index >= 15 is 0 Å². The van der Waals surface area contributed by atoms with E-state index in [2.05, 4.69) is 15.9 Å². The molecule has 0 aliphatic rings. The number of aliphatic hydroxyl groups excluding tert-OH is 1. The van der Waals surface area contributed by atoms with Crippen molar-refractivity contribution in [3.05, 3.63) is 21.6 Å². The van der Waals surface area contributed by atoms with Gasteiger partial charge < -0.3 is 9.52 Å². The third-order valence-electron chi connectivity index (χ3n) is 1.48. The van der Waals surface area contributed by atoms with Crippen LogP contribution in [-0.2, 0) is 6.61 Å². The Bertz CT molecular complexity index is 240. The zero-order valence-corrected chi connectivity index (χ0v) is 7.53. The average Bonchev–Trinajstić information content (AvgIpc) is 2.17. The highest BCUT2D eigenvalue weighted by Gasteiger charge is 2.09. The Hall–Kier alpha value is -0.280. The van der Waals surface area contributed by atoms with Crippen molar-refractivity contribution in [1.82, 2.24) is 0 Å². The van der Waals surface area contributed by atoms with Crippen LogP contribution in [-0.4, -0.2) is 5.11 Å². The van der Waals surface area contributed by atoms with E-state index in [-0.39, 0.29) is 6.61 Å². The summed E-state index contributed by atoms with van der Waals surface area (Å²) in [4.78, 5) is 0. The van der Waals surface area contributed by atoms with E-state index in [1.54, 1.807) is 0 Å². The molecule has 1 aromatic rings. The van der Waals surface area contributed by atoms with Crippen LogP contribution in [0.15, 0.2) is 8.89 Å². The van der Waals surface area contributed by atoms with Crippen LogP contribution >= 0.6 is 15.9 Å². The number of halogens is 1. The molecule has 1 heterocycles. The van der Waals surface area contributed by atoms with Crippen molar-refractivity contribution < 1.29 is 9.52 Å². The summed E-state index contributed by atoms with van der Waals surface area (Å²) in [7, 11) is 0. The third-order valence-corrected chi connectivity index (χ3v) is 2.63. The van der Waals surface area contributed by atoms with Crippen LogP contribution < -0.4 is 0 Å². The van der Waals surface area contributed by atoms with E-state index in [4.69, 9.17) is 9.52 Å². The Balaban J connectivity index is 3.17. The Kier molecular flexibility index (Phi) is 2.16. The summed E-state index contributed by atoms with van der Waals surface area (Å²) in [5.74, 6) is 1.46. The third kappa shape index (κ3) is 1.11. The second kappa shape index (κ2) is 2.76. The topological polar surface area (TPSA) is 33.4 Å². The number of hydrogen-bond acceptors (Lipinski definition) is 2. The van der Waals surface area contributed by atoms with Crippen molar-refractivity contribution >= 4 is 15.9 Å². The molecule has 10 heavy (non-hydrogen) atoms. The Morgan fingerprint density at radius 2 is 2.10 bits per heavy atom. The molecule has 0 atom stereocenters. The van der Waals surface area contributed by atoms with E-state index in [0.717, 1.165) is 15.8 Å². The van der Waals surface area contributed by atoms with E-state index in [0.29, 0.717) is 5.76 Å². The molecule has 0 bridgehead atoms. The number of rotatable bonds is 1. The fourth-order valence-electron chi connectivity index (χ4n) is 0.843. The smallest absolute Gasteiger partial charge is 0.133 e. The molecule has 0 spiro atoms. The number of hydrogen-bond donors (Lipinski definition) is 1. The molecule has 0 amide bonds. The highest BCUT2D eigenvalue weighted by Crippen LogP contribution is 2.26. The van der Waals surface area contributed by atoms with Crippen molar-refractivity contribution in [2.45, 2.75) is 20.5 Å². The Morgan fingerprint density at radius 3 is 2.30 bits per heavy atom. The van der Waals surface area contributed by atoms with Crippen LogP contribution in [0.3, 0.4) is 0 Å². The molecule has 0 aromatic carbocycles. The first-order chi connectivity index (χ1) is 4.66. The van der Waals surface area contributed by atoms with E-state index in [1.165, 1.54) is 0 Å². The predicted octanol–water partition coefficient (Wildman–Crippen LogP) is 2.15. The van der Waals surface area contributed by atoms with Crippen molar-refractivity contribution in [3.8, 4) is 0 Å². The molecule has 3 heteroatoms. The Morgan fingerprint density at radius 1 is 1.50 bits per heavy atom. The van der Waals surface area contributed by atoms with Gasteiger partial charge in [-0.05, 0) is 29.8 Å². The average molecular weight is 205 g/mol. The maximum Gasteiger partial charge on any atom is 0.133 e. The first-order valence-corrected chi connectivity index (χ1v) is 3.81. The lowest BCUT2D eigenvalue weighted by molar-refractivity contribution is 0.243. The van der Waals surface area contributed by atoms with Crippen molar-refractivity contribution in [1.29, 1.82) is 0 Å². The van der Waals surface area contributed by atoms with E-state index in [9.17, 15) is 0 Å². The lowest BCUT2D eigenvalue weighted by atomic mass is 10.3. The fraction of sp³-hybridized carbons (Fsp3) is 0.429. The summed E-state index contributed by atoms with van der Waals surface area (Å²) in [6.45, 7) is 3.74. The molecule has 1 aromatic heterocycles. The van der Waals surface area contributed by atoms with Gasteiger partial charge in [-0.25, -0.2) is 0 Å². The number of aliphatic hydroxyl groups is 1. The van der Waals surface area contributed by atoms with Gasteiger partial charge in [-0.2, -0.15) is 0 Å². The van der Waals surface area contributed by atoms with Gasteiger partial charge in [0.1, 0.15) is 18.1 Å². The fourth-order valence-corrected chi connectivity index (χ4v) is 1.15. The minimum absolute atomic E-state index is 0.0295. The van der Waals surface area contributed by atoms with Crippen LogP contribution in [0.5, 0.6) is 0 Å². The van der Waals surface area contributed by atoms with E-state index in [1.807, 2.05) is 13.8 Å². The van der Waals surface area contributed by atoms with Gasteiger partial charge in [0.25, 0.3) is 0 Å². The van der Waals surface area contributed by atoms with Gasteiger partial charge >= 0.3 is 0 Å². The largest absolute Gasteiger partial charge is 0.462 e. The summed E-state index contributed by atoms with van der Waals surface area (Å²) in [6.07, 6.45) is 0. The van der Waals surface area contributed by atoms with Gasteiger partial charge in [-0.3, -0.25) is 0 Å². The standard InChI is InChI=1S/C7H9BrO2/c1-4-6(3-9)10-5(2)7(4)8/h9H,3H2,1-2H3. The quantitative estimate of drug-likeness (QED) is 0.761. The molecule has 0 saturated heterocycles. The second-order valence-electron chi connectivity index (χ2n) is 2.18. The maximum atomic E-state index is 8.74. The van der Waals surface area contributed by atoms with Gasteiger partial charge in [0, 0.05) is 5.56 Å². The van der Waals surface area contributed by atoms with Crippen LogP contribution in [0, 0.1) is 13.8 Å². The monoisotopic (exact) mass is 204 g/mol. The molecular formula is C7H9BrO2. The van der Waals surface area contributed by atoms with Crippen molar-refractivity contribution in [3.63, 3.8) is 0 Å². The Labute approximate surface area is 68.0 Å². The van der Waals surface area contributed by atoms with Crippen LogP contribution in [0.1, 0.15) is 17.1 Å². The second-order valence-corrected chi connectivity index (χ2v) is 2.97. The SMILES string of the molecule is Cc1oc(CO)c(C)c1Br. The normalized spacial score (nSPS) is 10.4. The summed E-state index contributed by atoms with van der Waals surface area (Å²) in [5.41, 5.74) is 0.986. The van der Waals surface area contributed by atoms with Crippen molar-refractivity contribution in [2.24, 2.45) is 0 Å². The summed E-state index contributed by atoms with van der Waals surface area (Å²) in [5, 5.41) is 8.74. The van der Waals surface area contributed by atoms with Crippen LogP contribution in [0.4, 0.5) is 0 Å². The molecule has 1 rings (SSSR count). The molecule has 0 fully saturated rings. The molecule has 56 valence electrons. The maximum absolute atomic E-state index is 8.74. The van der Waals surface area contributed by atoms with Gasteiger partial charge in [0.2, 0.25) is 0 Å². The zero-order chi connectivity index (χ0) is 7.72. The highest BCUT2D eigenvalue weighted by molar-refractivity contribution is 9.10. The zero-order valence-electron chi connectivity index (χ0n) is 5.94. The van der Waals surface area contributed by atoms with Crippen LogP contribution in [0.2, 0.25) is 0 Å². The molecule has 0 radical (unpaired) electrons. The molecule has 2 nitrogen and oxygen atoms in total. The number of aryl methyl sites for hydroxylation is 1. The lowest BCUT2D eigenvalue weighted by Crippen LogP contribution is -1.80. The van der Waals surface area contributed by atoms with Gasteiger partial charge in [-0.15, -0.1) is 0 Å².